The fraction of sp³-hybridized carbons (Fsp3) is 0.273. The Balaban J connectivity index is 3.16. The highest BCUT2D eigenvalue weighted by Crippen LogP contribution is 2.16. The topological polar surface area (TPSA) is 80.4 Å². The minimum absolute atomic E-state index is 0.0195. The molecule has 0 bridgehead atoms. The average Bonchev–Trinajstić information content (AvgIpc) is 2.28. The molecule has 3 N–H and O–H groups in total. The van der Waals surface area contributed by atoms with Gasteiger partial charge in [-0.15, -0.1) is 0 Å². The lowest BCUT2D eigenvalue weighted by Gasteiger charge is -2.05. The van der Waals surface area contributed by atoms with E-state index >= 15 is 0 Å². The molecule has 1 rings (SSSR count). The zero-order valence-corrected chi connectivity index (χ0v) is 10.1. The normalized spacial score (nSPS) is 13.4. The second-order valence-electron chi connectivity index (χ2n) is 3.43. The van der Waals surface area contributed by atoms with Crippen LogP contribution in [-0.2, 0) is 9.84 Å². The van der Waals surface area contributed by atoms with Crippen molar-refractivity contribution in [3.63, 3.8) is 0 Å². The Morgan fingerprint density at radius 1 is 1.31 bits per heavy atom. The molecule has 0 spiro atoms. The molecule has 0 unspecified atom stereocenters. The van der Waals surface area contributed by atoms with Gasteiger partial charge in [0.1, 0.15) is 5.76 Å². The summed E-state index contributed by atoms with van der Waals surface area (Å²) >= 11 is 0. The molecule has 0 aliphatic heterocycles. The summed E-state index contributed by atoms with van der Waals surface area (Å²) in [5.41, 5.74) is 6.47. The first-order valence-corrected chi connectivity index (χ1v) is 6.52. The van der Waals surface area contributed by atoms with Crippen molar-refractivity contribution in [2.45, 2.75) is 18.7 Å². The molecule has 1 aromatic rings. The molecule has 0 amide bonds. The molecule has 0 fully saturated rings. The first-order valence-electron chi connectivity index (χ1n) is 4.87. The lowest BCUT2D eigenvalue weighted by molar-refractivity contribution is 0.416. The number of allylic oxidation sites excluding steroid dienone is 1. The van der Waals surface area contributed by atoms with Gasteiger partial charge in [-0.3, -0.25) is 0 Å². The average molecular weight is 241 g/mol. The Labute approximate surface area is 95.3 Å². The summed E-state index contributed by atoms with van der Waals surface area (Å²) in [7, 11) is -3.18. The Kier molecular flexibility index (Phi) is 3.59. The van der Waals surface area contributed by atoms with Crippen LogP contribution in [0.15, 0.2) is 34.9 Å². The summed E-state index contributed by atoms with van der Waals surface area (Å²) < 4.78 is 23.0. The van der Waals surface area contributed by atoms with E-state index in [-0.39, 0.29) is 22.1 Å². The predicted octanol–water partition coefficient (Wildman–Crippen LogP) is 1.69. The van der Waals surface area contributed by atoms with Gasteiger partial charge in [-0.25, -0.2) is 8.42 Å². The third-order valence-electron chi connectivity index (χ3n) is 2.29. The van der Waals surface area contributed by atoms with Gasteiger partial charge >= 0.3 is 0 Å². The van der Waals surface area contributed by atoms with Crippen molar-refractivity contribution in [3.05, 3.63) is 35.6 Å². The minimum atomic E-state index is -3.18. The molecule has 0 atom stereocenters. The zero-order chi connectivity index (χ0) is 12.3. The summed E-state index contributed by atoms with van der Waals surface area (Å²) in [6.07, 6.45) is 0. The summed E-state index contributed by atoms with van der Waals surface area (Å²) in [4.78, 5) is 0.266. The largest absolute Gasteiger partial charge is 0.510 e. The van der Waals surface area contributed by atoms with Gasteiger partial charge in [0.15, 0.2) is 9.84 Å². The molecule has 0 heterocycles. The predicted molar refractivity (Wildman–Crippen MR) is 63.6 cm³/mol. The summed E-state index contributed by atoms with van der Waals surface area (Å²) in [5.74, 6) is 0.0857. The number of aliphatic hydroxyl groups is 1. The molecule has 0 saturated carbocycles. The molecule has 0 saturated heterocycles. The van der Waals surface area contributed by atoms with Crippen LogP contribution < -0.4 is 5.73 Å². The second kappa shape index (κ2) is 4.57. The van der Waals surface area contributed by atoms with Gasteiger partial charge in [-0.2, -0.15) is 0 Å². The van der Waals surface area contributed by atoms with E-state index in [2.05, 4.69) is 0 Å². The summed E-state index contributed by atoms with van der Waals surface area (Å²) in [5, 5.41) is 9.19. The highest BCUT2D eigenvalue weighted by molar-refractivity contribution is 7.91. The van der Waals surface area contributed by atoms with Crippen molar-refractivity contribution in [2.75, 3.05) is 5.75 Å². The molecule has 4 nitrogen and oxygen atoms in total. The van der Waals surface area contributed by atoms with Crippen molar-refractivity contribution in [3.8, 4) is 0 Å². The number of aliphatic hydroxyl groups excluding tert-OH is 1. The van der Waals surface area contributed by atoms with E-state index < -0.39 is 9.84 Å². The highest BCUT2D eigenvalue weighted by atomic mass is 32.2. The van der Waals surface area contributed by atoms with Crippen molar-refractivity contribution >= 4 is 15.5 Å². The van der Waals surface area contributed by atoms with Crippen molar-refractivity contribution in [2.24, 2.45) is 5.73 Å². The standard InChI is InChI=1S/C11H15NO3S/c1-3-16(14,15)10-6-4-9(5-7-10)11(12)8(2)13/h4-7,13H,3,12H2,1-2H3/b11-8+. The molecular formula is C11H15NO3S. The number of hydrogen-bond acceptors (Lipinski definition) is 4. The monoisotopic (exact) mass is 241 g/mol. The number of hydrogen-bond donors (Lipinski definition) is 2. The van der Waals surface area contributed by atoms with Gasteiger partial charge in [0.2, 0.25) is 0 Å². The highest BCUT2D eigenvalue weighted by Gasteiger charge is 2.11. The van der Waals surface area contributed by atoms with Crippen LogP contribution in [0.1, 0.15) is 19.4 Å². The van der Waals surface area contributed by atoms with Crippen LogP contribution in [0.2, 0.25) is 0 Å². The Morgan fingerprint density at radius 3 is 2.19 bits per heavy atom. The van der Waals surface area contributed by atoms with E-state index in [1.54, 1.807) is 19.1 Å². The summed E-state index contributed by atoms with van der Waals surface area (Å²) in [6, 6.07) is 6.14. The van der Waals surface area contributed by atoms with Crippen molar-refractivity contribution in [1.29, 1.82) is 0 Å². The maximum absolute atomic E-state index is 11.5. The lowest BCUT2D eigenvalue weighted by atomic mass is 10.1. The van der Waals surface area contributed by atoms with Crippen LogP contribution >= 0.6 is 0 Å². The Bertz CT molecular complexity index is 497. The molecule has 0 aliphatic rings. The van der Waals surface area contributed by atoms with Gasteiger partial charge in [0, 0.05) is 5.56 Å². The zero-order valence-electron chi connectivity index (χ0n) is 9.27. The van der Waals surface area contributed by atoms with Crippen molar-refractivity contribution < 1.29 is 13.5 Å². The van der Waals surface area contributed by atoms with E-state index in [4.69, 9.17) is 5.73 Å². The van der Waals surface area contributed by atoms with Crippen LogP contribution in [0.25, 0.3) is 5.70 Å². The first kappa shape index (κ1) is 12.6. The molecule has 5 heteroatoms. The van der Waals surface area contributed by atoms with E-state index in [0.717, 1.165) is 0 Å². The van der Waals surface area contributed by atoms with Crippen LogP contribution in [0.4, 0.5) is 0 Å². The fourth-order valence-electron chi connectivity index (χ4n) is 1.22. The number of rotatable bonds is 3. The van der Waals surface area contributed by atoms with Gasteiger partial charge < -0.3 is 10.8 Å². The first-order chi connectivity index (χ1) is 7.38. The SMILES string of the molecule is CCS(=O)(=O)c1ccc(/C(N)=C(/C)O)cc1. The third kappa shape index (κ3) is 2.55. The van der Waals surface area contributed by atoms with Crippen LogP contribution in [0, 0.1) is 0 Å². The van der Waals surface area contributed by atoms with E-state index in [1.807, 2.05) is 0 Å². The number of sulfone groups is 1. The minimum Gasteiger partial charge on any atom is -0.510 e. The smallest absolute Gasteiger partial charge is 0.178 e. The van der Waals surface area contributed by atoms with Gasteiger partial charge in [0.05, 0.1) is 16.3 Å². The molecular weight excluding hydrogens is 226 g/mol. The molecule has 1 aromatic carbocycles. The van der Waals surface area contributed by atoms with E-state index in [1.165, 1.54) is 19.1 Å². The van der Waals surface area contributed by atoms with Crippen LogP contribution in [-0.4, -0.2) is 19.3 Å². The third-order valence-corrected chi connectivity index (χ3v) is 4.04. The van der Waals surface area contributed by atoms with E-state index in [0.29, 0.717) is 5.56 Å². The van der Waals surface area contributed by atoms with Crippen molar-refractivity contribution in [1.82, 2.24) is 0 Å². The molecule has 88 valence electrons. The quantitative estimate of drug-likeness (QED) is 0.789. The lowest BCUT2D eigenvalue weighted by Crippen LogP contribution is -2.04. The Hall–Kier alpha value is -1.49. The molecule has 16 heavy (non-hydrogen) atoms. The maximum atomic E-state index is 11.5. The number of benzene rings is 1. The molecule has 0 aliphatic carbocycles. The Morgan fingerprint density at radius 2 is 1.81 bits per heavy atom. The molecule has 0 radical (unpaired) electrons. The van der Waals surface area contributed by atoms with E-state index in [9.17, 15) is 13.5 Å². The maximum Gasteiger partial charge on any atom is 0.178 e. The van der Waals surface area contributed by atoms with Gasteiger partial charge in [0.25, 0.3) is 0 Å². The summed E-state index contributed by atoms with van der Waals surface area (Å²) in [6.45, 7) is 3.07. The van der Waals surface area contributed by atoms with Crippen LogP contribution in [0.3, 0.4) is 0 Å². The number of nitrogens with two attached hydrogens (primary N) is 1. The van der Waals surface area contributed by atoms with Crippen LogP contribution in [0.5, 0.6) is 0 Å². The fourth-order valence-corrected chi connectivity index (χ4v) is 2.10. The molecule has 0 aromatic heterocycles. The second-order valence-corrected chi connectivity index (χ2v) is 5.71. The van der Waals surface area contributed by atoms with Gasteiger partial charge in [-0.1, -0.05) is 19.1 Å². The van der Waals surface area contributed by atoms with Gasteiger partial charge in [-0.05, 0) is 19.1 Å².